The Bertz CT molecular complexity index is 1360. The predicted octanol–water partition coefficient (Wildman–Crippen LogP) is 3.63. The summed E-state index contributed by atoms with van der Waals surface area (Å²) in [4.78, 5) is 21.7. The highest BCUT2D eigenvalue weighted by molar-refractivity contribution is 6.05. The Morgan fingerprint density at radius 3 is 2.78 bits per heavy atom. The molecule has 1 aliphatic rings. The smallest absolute Gasteiger partial charge is 0.272 e. The van der Waals surface area contributed by atoms with Crippen molar-refractivity contribution >= 4 is 22.8 Å². The number of H-pyrrole nitrogens is 1. The number of nitrogens with zero attached hydrogens (tertiary/aromatic N) is 6. The van der Waals surface area contributed by atoms with Gasteiger partial charge in [0.2, 0.25) is 0 Å². The van der Waals surface area contributed by atoms with E-state index in [1.807, 2.05) is 6.20 Å². The van der Waals surface area contributed by atoms with Crippen molar-refractivity contribution in [2.45, 2.75) is 58.0 Å². The van der Waals surface area contributed by atoms with Crippen molar-refractivity contribution in [1.29, 1.82) is 0 Å². The molecule has 0 radical (unpaired) electrons. The Morgan fingerprint density at radius 1 is 1.25 bits per heavy atom. The van der Waals surface area contributed by atoms with Gasteiger partial charge in [0.25, 0.3) is 5.91 Å². The molecule has 1 atom stereocenters. The number of fused-ring (bicyclic) bond motifs is 1. The van der Waals surface area contributed by atoms with E-state index in [4.69, 9.17) is 0 Å². The van der Waals surface area contributed by atoms with E-state index in [-0.39, 0.29) is 30.0 Å². The number of halogens is 1. The maximum absolute atomic E-state index is 13.5. The zero-order valence-electron chi connectivity index (χ0n) is 20.6. The summed E-state index contributed by atoms with van der Waals surface area (Å²) in [7, 11) is 1.78. The SMILES string of the molecule is Cc1cc(CNC(=O)c2ncnc3c(NC(C)C4CCC(c5cn[nH]n5)CC4)nn(C)c23)ccc1F. The lowest BCUT2D eigenvalue weighted by Crippen LogP contribution is -2.29. The molecule has 5 rings (SSSR count). The van der Waals surface area contributed by atoms with Gasteiger partial charge in [0.1, 0.15) is 23.2 Å². The number of anilines is 1. The first-order valence-electron chi connectivity index (χ1n) is 12.2. The second kappa shape index (κ2) is 10.00. The molecular formula is C25H30FN9O. The lowest BCUT2D eigenvalue weighted by Gasteiger charge is -2.31. The third-order valence-electron chi connectivity index (χ3n) is 7.21. The van der Waals surface area contributed by atoms with Crippen LogP contribution in [0.5, 0.6) is 0 Å². The topological polar surface area (TPSA) is 126 Å². The van der Waals surface area contributed by atoms with E-state index in [2.05, 4.69) is 48.0 Å². The quantitative estimate of drug-likeness (QED) is 0.360. The maximum Gasteiger partial charge on any atom is 0.272 e. The minimum absolute atomic E-state index is 0.190. The van der Waals surface area contributed by atoms with Gasteiger partial charge in [-0.25, -0.2) is 14.4 Å². The molecule has 1 amide bonds. The first kappa shape index (κ1) is 23.8. The fourth-order valence-corrected chi connectivity index (χ4v) is 5.11. The minimum atomic E-state index is -0.335. The van der Waals surface area contributed by atoms with Gasteiger partial charge in [0.05, 0.1) is 11.9 Å². The van der Waals surface area contributed by atoms with Crippen molar-refractivity contribution in [2.24, 2.45) is 13.0 Å². The van der Waals surface area contributed by atoms with Crippen LogP contribution in [0.1, 0.15) is 65.8 Å². The van der Waals surface area contributed by atoms with Crippen LogP contribution in [0.15, 0.2) is 30.7 Å². The molecule has 1 aromatic carbocycles. The summed E-state index contributed by atoms with van der Waals surface area (Å²) in [6.45, 7) is 4.13. The second-order valence-electron chi connectivity index (χ2n) is 9.60. The summed E-state index contributed by atoms with van der Waals surface area (Å²) >= 11 is 0. The number of hydrogen-bond acceptors (Lipinski definition) is 7. The van der Waals surface area contributed by atoms with Crippen molar-refractivity contribution in [3.63, 3.8) is 0 Å². The van der Waals surface area contributed by atoms with Crippen LogP contribution in [-0.2, 0) is 13.6 Å². The predicted molar refractivity (Wildman–Crippen MR) is 133 cm³/mol. The Balaban J connectivity index is 1.27. The molecule has 0 aliphatic heterocycles. The summed E-state index contributed by atoms with van der Waals surface area (Å²) in [5, 5.41) is 21.9. The highest BCUT2D eigenvalue weighted by Gasteiger charge is 2.28. The standard InChI is InChI=1S/C25H30FN9O/c1-14-10-16(4-9-19(14)26)11-27-25(36)22-23-21(28-13-29-22)24(33-35(23)3)31-15(2)17-5-7-18(8-6-17)20-12-30-34-32-20/h4,9-10,12-13,15,17-18H,5-8,11H2,1-3H3,(H,27,36)(H,31,33)(H,30,32,34). The largest absolute Gasteiger partial charge is 0.364 e. The first-order valence-corrected chi connectivity index (χ1v) is 12.2. The van der Waals surface area contributed by atoms with Gasteiger partial charge in [0, 0.05) is 25.6 Å². The zero-order valence-corrected chi connectivity index (χ0v) is 20.6. The van der Waals surface area contributed by atoms with Crippen molar-refractivity contribution in [3.8, 4) is 0 Å². The first-order chi connectivity index (χ1) is 17.4. The number of aryl methyl sites for hydroxylation is 2. The van der Waals surface area contributed by atoms with Crippen molar-refractivity contribution < 1.29 is 9.18 Å². The minimum Gasteiger partial charge on any atom is -0.364 e. The van der Waals surface area contributed by atoms with Gasteiger partial charge in [-0.2, -0.15) is 20.5 Å². The van der Waals surface area contributed by atoms with Gasteiger partial charge in [-0.3, -0.25) is 9.48 Å². The van der Waals surface area contributed by atoms with Crippen LogP contribution in [0, 0.1) is 18.7 Å². The number of carbonyl (C=O) groups is 1. The molecule has 188 valence electrons. The molecule has 1 unspecified atom stereocenters. The van der Waals surface area contributed by atoms with E-state index in [0.29, 0.717) is 34.3 Å². The Labute approximate surface area is 208 Å². The molecule has 11 heteroatoms. The van der Waals surface area contributed by atoms with E-state index in [1.54, 1.807) is 30.8 Å². The van der Waals surface area contributed by atoms with Gasteiger partial charge >= 0.3 is 0 Å². The number of aromatic amines is 1. The monoisotopic (exact) mass is 491 g/mol. The Hall–Kier alpha value is -3.89. The summed E-state index contributed by atoms with van der Waals surface area (Å²) in [5.41, 5.74) is 3.82. The summed E-state index contributed by atoms with van der Waals surface area (Å²) in [5.74, 6) is 0.988. The van der Waals surface area contributed by atoms with E-state index in [9.17, 15) is 9.18 Å². The number of nitrogens with one attached hydrogen (secondary N) is 3. The fourth-order valence-electron chi connectivity index (χ4n) is 5.11. The van der Waals surface area contributed by atoms with Crippen molar-refractivity contribution in [2.75, 3.05) is 5.32 Å². The third kappa shape index (κ3) is 4.77. The highest BCUT2D eigenvalue weighted by Crippen LogP contribution is 2.37. The van der Waals surface area contributed by atoms with E-state index < -0.39 is 0 Å². The molecule has 3 aromatic heterocycles. The molecular weight excluding hydrogens is 461 g/mol. The van der Waals surface area contributed by atoms with Crippen LogP contribution in [0.2, 0.25) is 0 Å². The van der Waals surface area contributed by atoms with Crippen LogP contribution in [-0.4, -0.2) is 47.1 Å². The molecule has 36 heavy (non-hydrogen) atoms. The summed E-state index contributed by atoms with van der Waals surface area (Å²) in [6, 6.07) is 4.97. The van der Waals surface area contributed by atoms with Crippen LogP contribution in [0.25, 0.3) is 11.0 Å². The number of carbonyl (C=O) groups excluding carboxylic acids is 1. The lowest BCUT2D eigenvalue weighted by molar-refractivity contribution is 0.0947. The van der Waals surface area contributed by atoms with Gasteiger partial charge in [-0.15, -0.1) is 0 Å². The van der Waals surface area contributed by atoms with Crippen molar-refractivity contribution in [1.82, 2.24) is 40.5 Å². The average Bonchev–Trinajstić information content (AvgIpc) is 3.53. The molecule has 3 N–H and O–H groups in total. The molecule has 0 saturated heterocycles. The summed E-state index contributed by atoms with van der Waals surface area (Å²) in [6.07, 6.45) is 7.53. The van der Waals surface area contributed by atoms with Crippen LogP contribution in [0.3, 0.4) is 0 Å². The van der Waals surface area contributed by atoms with Gasteiger partial charge in [-0.05, 0) is 62.6 Å². The molecule has 1 saturated carbocycles. The van der Waals surface area contributed by atoms with Crippen molar-refractivity contribution in [3.05, 3.63) is 59.1 Å². The number of rotatable bonds is 7. The second-order valence-corrected chi connectivity index (χ2v) is 9.60. The number of hydrogen-bond donors (Lipinski definition) is 3. The normalized spacial score (nSPS) is 18.8. The van der Waals surface area contributed by atoms with Gasteiger partial charge in [0.15, 0.2) is 11.5 Å². The third-order valence-corrected chi connectivity index (χ3v) is 7.21. The highest BCUT2D eigenvalue weighted by atomic mass is 19.1. The van der Waals surface area contributed by atoms with Crippen LogP contribution in [0.4, 0.5) is 10.2 Å². The fraction of sp³-hybridized carbons (Fsp3) is 0.440. The van der Waals surface area contributed by atoms with Gasteiger partial charge < -0.3 is 10.6 Å². The molecule has 1 fully saturated rings. The van der Waals surface area contributed by atoms with E-state index in [1.165, 1.54) is 12.4 Å². The number of amides is 1. The molecule has 10 nitrogen and oxygen atoms in total. The summed E-state index contributed by atoms with van der Waals surface area (Å²) < 4.78 is 15.2. The number of benzene rings is 1. The zero-order chi connectivity index (χ0) is 25.2. The molecule has 3 heterocycles. The lowest BCUT2D eigenvalue weighted by atomic mass is 9.78. The van der Waals surface area contributed by atoms with E-state index >= 15 is 0 Å². The van der Waals surface area contributed by atoms with Crippen LogP contribution >= 0.6 is 0 Å². The molecule has 1 aliphatic carbocycles. The van der Waals surface area contributed by atoms with Gasteiger partial charge in [-0.1, -0.05) is 12.1 Å². The van der Waals surface area contributed by atoms with Crippen LogP contribution < -0.4 is 10.6 Å². The number of aromatic nitrogens is 7. The Morgan fingerprint density at radius 2 is 2.06 bits per heavy atom. The Kier molecular flexibility index (Phi) is 6.62. The maximum atomic E-state index is 13.5. The molecule has 0 spiro atoms. The molecule has 0 bridgehead atoms. The molecule has 4 aromatic rings. The average molecular weight is 492 g/mol. The van der Waals surface area contributed by atoms with E-state index in [0.717, 1.165) is 36.9 Å².